The number of para-hydroxylation sites is 2. The number of imidazole rings is 2. The van der Waals surface area contributed by atoms with Gasteiger partial charge in [-0.15, -0.1) is 0 Å². The van der Waals surface area contributed by atoms with E-state index in [1.54, 1.807) is 0 Å². The van der Waals surface area contributed by atoms with E-state index in [0.29, 0.717) is 31.6 Å². The highest BCUT2D eigenvalue weighted by Crippen LogP contribution is 2.26. The Labute approximate surface area is 241 Å². The maximum absolute atomic E-state index is 13.3. The summed E-state index contributed by atoms with van der Waals surface area (Å²) in [5.74, 6) is 2.19. The molecule has 0 spiro atoms. The number of Topliss-reactive ketones (excluding diaryl/α,β-unsaturated/α-hetero) is 1. The van der Waals surface area contributed by atoms with E-state index in [4.69, 9.17) is 4.98 Å². The highest BCUT2D eigenvalue weighted by atomic mass is 16.1. The molecule has 41 heavy (non-hydrogen) atoms. The van der Waals surface area contributed by atoms with Gasteiger partial charge in [-0.25, -0.2) is 14.5 Å². The van der Waals surface area contributed by atoms with E-state index >= 15 is 0 Å². The minimum absolute atomic E-state index is 0.000324. The molecular formula is C34H40N5O2+. The largest absolute Gasteiger partial charge is 0.346 e. The SMILES string of the molecule is CCC(=O)CCCCC[C@H](NC(=O)CC[n+]1c(CC)[nH]c2ccccc21)c1ncc(-c2ccc3ccccc3c2)[nH]1. The van der Waals surface area contributed by atoms with Crippen molar-refractivity contribution in [3.8, 4) is 11.3 Å². The zero-order valence-corrected chi connectivity index (χ0v) is 24.1. The van der Waals surface area contributed by atoms with Crippen LogP contribution in [0.3, 0.4) is 0 Å². The van der Waals surface area contributed by atoms with Crippen molar-refractivity contribution >= 4 is 33.5 Å². The number of aryl methyl sites for hydroxylation is 2. The van der Waals surface area contributed by atoms with Crippen LogP contribution >= 0.6 is 0 Å². The topological polar surface area (TPSA) is 94.5 Å². The van der Waals surface area contributed by atoms with Crippen LogP contribution in [-0.2, 0) is 22.6 Å². The van der Waals surface area contributed by atoms with Crippen LogP contribution in [0.1, 0.15) is 76.5 Å². The van der Waals surface area contributed by atoms with Gasteiger partial charge in [0, 0.05) is 24.8 Å². The fourth-order valence-corrected chi connectivity index (χ4v) is 5.52. The van der Waals surface area contributed by atoms with Crippen molar-refractivity contribution in [2.45, 2.75) is 77.8 Å². The zero-order chi connectivity index (χ0) is 28.6. The molecule has 2 heterocycles. The number of aromatic amines is 2. The lowest BCUT2D eigenvalue weighted by atomic mass is 10.0. The summed E-state index contributed by atoms with van der Waals surface area (Å²) in [7, 11) is 0. The van der Waals surface area contributed by atoms with Gasteiger partial charge in [0.05, 0.1) is 30.9 Å². The van der Waals surface area contributed by atoms with Gasteiger partial charge in [0.15, 0.2) is 11.0 Å². The van der Waals surface area contributed by atoms with Gasteiger partial charge in [0.1, 0.15) is 11.6 Å². The Morgan fingerprint density at radius 1 is 0.902 bits per heavy atom. The summed E-state index contributed by atoms with van der Waals surface area (Å²) in [5, 5.41) is 5.63. The van der Waals surface area contributed by atoms with Crippen molar-refractivity contribution in [3.05, 3.63) is 84.6 Å². The predicted octanol–water partition coefficient (Wildman–Crippen LogP) is 6.74. The van der Waals surface area contributed by atoms with E-state index in [1.807, 2.05) is 37.4 Å². The molecule has 0 aliphatic carbocycles. The Balaban J connectivity index is 1.29. The third kappa shape index (κ3) is 6.91. The number of nitrogens with one attached hydrogen (secondary N) is 3. The molecule has 3 aromatic carbocycles. The molecule has 0 aliphatic rings. The van der Waals surface area contributed by atoms with Crippen molar-refractivity contribution in [1.29, 1.82) is 0 Å². The molecule has 0 radical (unpaired) electrons. The maximum Gasteiger partial charge on any atom is 0.254 e. The first kappa shape index (κ1) is 28.3. The second-order valence-corrected chi connectivity index (χ2v) is 10.7. The summed E-state index contributed by atoms with van der Waals surface area (Å²) < 4.78 is 2.21. The van der Waals surface area contributed by atoms with Crippen LogP contribution in [0.2, 0.25) is 0 Å². The summed E-state index contributed by atoms with van der Waals surface area (Å²) in [4.78, 5) is 36.7. The molecule has 0 bridgehead atoms. The normalized spacial score (nSPS) is 12.1. The highest BCUT2D eigenvalue weighted by Gasteiger charge is 2.21. The molecule has 0 saturated carbocycles. The first-order valence-corrected chi connectivity index (χ1v) is 14.9. The van der Waals surface area contributed by atoms with Gasteiger partial charge in [-0.3, -0.25) is 9.59 Å². The molecule has 0 unspecified atom stereocenters. The van der Waals surface area contributed by atoms with Crippen LogP contribution in [0.4, 0.5) is 0 Å². The minimum Gasteiger partial charge on any atom is -0.346 e. The number of hydrogen-bond acceptors (Lipinski definition) is 3. The van der Waals surface area contributed by atoms with Crippen LogP contribution in [0.25, 0.3) is 33.1 Å². The second kappa shape index (κ2) is 13.4. The van der Waals surface area contributed by atoms with Crippen molar-refractivity contribution in [2.24, 2.45) is 0 Å². The molecule has 212 valence electrons. The zero-order valence-electron chi connectivity index (χ0n) is 24.1. The van der Waals surface area contributed by atoms with Crippen LogP contribution in [0.15, 0.2) is 72.9 Å². The first-order chi connectivity index (χ1) is 20.1. The fraction of sp³-hybridized carbons (Fsp3) is 0.353. The summed E-state index contributed by atoms with van der Waals surface area (Å²) in [6, 6.07) is 22.7. The second-order valence-electron chi connectivity index (χ2n) is 10.7. The van der Waals surface area contributed by atoms with E-state index in [0.717, 1.165) is 66.0 Å². The van der Waals surface area contributed by atoms with Gasteiger partial charge in [-0.05, 0) is 41.8 Å². The van der Waals surface area contributed by atoms with E-state index < -0.39 is 0 Å². The predicted molar refractivity (Wildman–Crippen MR) is 163 cm³/mol. The standard InChI is InChI=1S/C34H39N5O2/c1-3-27(40)14-6-5-7-16-29(34-35-23-30(38-34)26-19-18-24-12-8-9-13-25(24)22-26)37-33(41)20-21-39-31-17-11-10-15-28(31)36-32(39)4-2/h8-13,15,17-19,22-23,29H,3-7,14,16,20-21H2,1-2H3,(H2,35,37,38,41)/p+1/t29-/m0/s1. The Kier molecular flexibility index (Phi) is 9.24. The van der Waals surface area contributed by atoms with Gasteiger partial charge in [0.2, 0.25) is 5.91 Å². The molecule has 7 nitrogen and oxygen atoms in total. The van der Waals surface area contributed by atoms with Gasteiger partial charge in [-0.2, -0.15) is 0 Å². The van der Waals surface area contributed by atoms with Gasteiger partial charge >= 0.3 is 0 Å². The van der Waals surface area contributed by atoms with Gasteiger partial charge < -0.3 is 10.3 Å². The van der Waals surface area contributed by atoms with E-state index in [9.17, 15) is 9.59 Å². The van der Waals surface area contributed by atoms with Crippen LogP contribution in [0, 0.1) is 0 Å². The molecule has 5 aromatic rings. The Morgan fingerprint density at radius 2 is 1.71 bits per heavy atom. The monoisotopic (exact) mass is 550 g/mol. The number of fused-ring (bicyclic) bond motifs is 2. The molecule has 0 aliphatic heterocycles. The lowest BCUT2D eigenvalue weighted by Gasteiger charge is -2.17. The molecule has 5 rings (SSSR count). The quantitative estimate of drug-likeness (QED) is 0.106. The number of unbranched alkanes of at least 4 members (excludes halogenated alkanes) is 2. The summed E-state index contributed by atoms with van der Waals surface area (Å²) in [6.45, 7) is 4.64. The molecule has 0 fully saturated rings. The summed E-state index contributed by atoms with van der Waals surface area (Å²) >= 11 is 0. The average Bonchev–Trinajstić information content (AvgIpc) is 3.64. The lowest BCUT2D eigenvalue weighted by Crippen LogP contribution is -2.40. The van der Waals surface area contributed by atoms with Gasteiger partial charge in [0.25, 0.3) is 5.82 Å². The van der Waals surface area contributed by atoms with E-state index in [1.165, 1.54) is 10.8 Å². The van der Waals surface area contributed by atoms with Crippen LogP contribution in [0.5, 0.6) is 0 Å². The first-order valence-electron chi connectivity index (χ1n) is 14.9. The van der Waals surface area contributed by atoms with Crippen molar-refractivity contribution < 1.29 is 14.2 Å². The Hall–Kier alpha value is -4.26. The number of hydrogen-bond donors (Lipinski definition) is 3. The number of carbonyl (C=O) groups is 2. The molecule has 0 saturated heterocycles. The Morgan fingerprint density at radius 3 is 2.54 bits per heavy atom. The molecule has 2 aromatic heterocycles. The number of aromatic nitrogens is 4. The van der Waals surface area contributed by atoms with E-state index in [-0.39, 0.29) is 11.9 Å². The summed E-state index contributed by atoms with van der Waals surface area (Å²) in [6.07, 6.45) is 7.81. The fourth-order valence-electron chi connectivity index (χ4n) is 5.52. The molecule has 3 N–H and O–H groups in total. The lowest BCUT2D eigenvalue weighted by molar-refractivity contribution is -0.677. The Bertz CT molecular complexity index is 1630. The number of amides is 1. The van der Waals surface area contributed by atoms with Gasteiger partial charge in [-0.1, -0.05) is 75.2 Å². The number of nitrogens with zero attached hydrogens (tertiary/aromatic N) is 2. The third-order valence-corrected chi connectivity index (χ3v) is 7.86. The average molecular weight is 551 g/mol. The number of ketones is 1. The smallest absolute Gasteiger partial charge is 0.254 e. The minimum atomic E-state index is -0.225. The molecule has 1 amide bonds. The van der Waals surface area contributed by atoms with Crippen LogP contribution < -0.4 is 9.88 Å². The molecular weight excluding hydrogens is 510 g/mol. The van der Waals surface area contributed by atoms with Crippen LogP contribution in [-0.4, -0.2) is 26.6 Å². The van der Waals surface area contributed by atoms with Crippen molar-refractivity contribution in [3.63, 3.8) is 0 Å². The van der Waals surface area contributed by atoms with Crippen molar-refractivity contribution in [1.82, 2.24) is 20.3 Å². The van der Waals surface area contributed by atoms with Crippen molar-refractivity contribution in [2.75, 3.05) is 0 Å². The number of H-pyrrole nitrogens is 2. The molecule has 1 atom stereocenters. The highest BCUT2D eigenvalue weighted by molar-refractivity contribution is 5.86. The third-order valence-electron chi connectivity index (χ3n) is 7.86. The van der Waals surface area contributed by atoms with E-state index in [2.05, 4.69) is 69.2 Å². The number of benzene rings is 3. The number of carbonyl (C=O) groups excluding carboxylic acids is 2. The molecule has 7 heteroatoms. The number of rotatable bonds is 14. The summed E-state index contributed by atoms with van der Waals surface area (Å²) in [5.41, 5.74) is 4.19. The maximum atomic E-state index is 13.3.